The van der Waals surface area contributed by atoms with E-state index in [9.17, 15) is 4.79 Å². The molecule has 0 saturated carbocycles. The molecule has 0 radical (unpaired) electrons. The van der Waals surface area contributed by atoms with Gasteiger partial charge in [-0.15, -0.1) is 0 Å². The first-order valence-corrected chi connectivity index (χ1v) is 10.7. The number of rotatable bonds is 8. The van der Waals surface area contributed by atoms with E-state index in [0.29, 0.717) is 25.5 Å². The number of aromatic amines is 1. The van der Waals surface area contributed by atoms with Crippen molar-refractivity contribution in [2.45, 2.75) is 77.3 Å². The lowest BCUT2D eigenvalue weighted by Crippen LogP contribution is -2.44. The van der Waals surface area contributed by atoms with Crippen molar-refractivity contribution in [3.63, 3.8) is 0 Å². The molecule has 1 saturated heterocycles. The minimum atomic E-state index is -0.661. The smallest absolute Gasteiger partial charge is 0.280 e. The van der Waals surface area contributed by atoms with Crippen molar-refractivity contribution < 1.29 is 23.7 Å². The van der Waals surface area contributed by atoms with Crippen LogP contribution in [-0.4, -0.2) is 76.0 Å². The van der Waals surface area contributed by atoms with Crippen LogP contribution >= 0.6 is 0 Å². The summed E-state index contributed by atoms with van der Waals surface area (Å²) < 4.78 is 31.8. The highest BCUT2D eigenvalue weighted by atomic mass is 16.6. The van der Waals surface area contributed by atoms with Crippen LogP contribution in [0.2, 0.25) is 0 Å². The first kappa shape index (κ1) is 24.6. The van der Waals surface area contributed by atoms with E-state index in [0.717, 1.165) is 0 Å². The van der Waals surface area contributed by atoms with Crippen molar-refractivity contribution in [2.75, 3.05) is 32.7 Å². The number of imidazole rings is 1. The van der Waals surface area contributed by atoms with Crippen LogP contribution < -0.4 is 11.3 Å². The first-order valence-electron chi connectivity index (χ1n) is 10.7. The summed E-state index contributed by atoms with van der Waals surface area (Å²) in [5, 5.41) is 0. The zero-order chi connectivity index (χ0) is 23.7. The number of hydrogen-bond acceptors (Lipinski definition) is 9. The molecule has 2 aromatic heterocycles. The Labute approximate surface area is 187 Å². The molecule has 1 aliphatic heterocycles. The molecule has 1 fully saturated rings. The van der Waals surface area contributed by atoms with Crippen molar-refractivity contribution in [2.24, 2.45) is 0 Å². The second-order valence-electron chi connectivity index (χ2n) is 9.79. The quantitative estimate of drug-likeness (QED) is 0.572. The highest BCUT2D eigenvalue weighted by Crippen LogP contribution is 2.37. The third kappa shape index (κ3) is 5.84. The second-order valence-corrected chi connectivity index (χ2v) is 9.79. The van der Waals surface area contributed by atoms with Crippen LogP contribution in [0.3, 0.4) is 0 Å². The molecule has 32 heavy (non-hydrogen) atoms. The number of methoxy groups -OCH3 is 1. The van der Waals surface area contributed by atoms with Gasteiger partial charge in [0.2, 0.25) is 5.95 Å². The molecule has 4 atom stereocenters. The Morgan fingerprint density at radius 2 is 1.88 bits per heavy atom. The van der Waals surface area contributed by atoms with Gasteiger partial charge in [-0.2, -0.15) is 4.98 Å². The van der Waals surface area contributed by atoms with E-state index in [-0.39, 0.29) is 17.1 Å². The van der Waals surface area contributed by atoms with E-state index < -0.39 is 35.7 Å². The maximum atomic E-state index is 12.3. The molecule has 0 aliphatic carbocycles. The standard InChI is InChI=1S/C21H35N5O6/c1-20(2,3)30-10-12-14(32-21(4,5)6)15(29-9-8-28-7)18(31-12)26-11-23-13-16(26)24-19(22)25-17(13)27/h11-12,14-15,18H,8-10H2,1-7H3,(H3,22,24,25,27)/t12-,14?,15+,18-/m1/s1. The summed E-state index contributed by atoms with van der Waals surface area (Å²) in [6.45, 7) is 12.9. The highest BCUT2D eigenvalue weighted by molar-refractivity contribution is 5.70. The van der Waals surface area contributed by atoms with Crippen molar-refractivity contribution >= 4 is 17.1 Å². The molecule has 0 aromatic carbocycles. The van der Waals surface area contributed by atoms with Gasteiger partial charge in [0.1, 0.15) is 18.3 Å². The summed E-state index contributed by atoms with van der Waals surface area (Å²) in [5.74, 6) is -0.00537. The Balaban J connectivity index is 2.01. The van der Waals surface area contributed by atoms with Gasteiger partial charge in [-0.1, -0.05) is 0 Å². The zero-order valence-electron chi connectivity index (χ0n) is 19.9. The molecule has 1 aliphatic rings. The Hall–Kier alpha value is -2.05. The fraction of sp³-hybridized carbons (Fsp3) is 0.762. The number of nitrogens with zero attached hydrogens (tertiary/aromatic N) is 3. The molecule has 180 valence electrons. The van der Waals surface area contributed by atoms with Crippen molar-refractivity contribution in [3.05, 3.63) is 16.7 Å². The molecule has 0 amide bonds. The molecule has 11 heteroatoms. The number of fused-ring (bicyclic) bond motifs is 1. The second kappa shape index (κ2) is 9.44. The molecular formula is C21H35N5O6. The topological polar surface area (TPSA) is 136 Å². The van der Waals surface area contributed by atoms with Gasteiger partial charge in [-0.25, -0.2) is 4.98 Å². The van der Waals surface area contributed by atoms with Gasteiger partial charge < -0.3 is 29.4 Å². The Morgan fingerprint density at radius 3 is 2.50 bits per heavy atom. The monoisotopic (exact) mass is 453 g/mol. The minimum absolute atomic E-state index is 0.00537. The predicted molar refractivity (Wildman–Crippen MR) is 118 cm³/mol. The van der Waals surface area contributed by atoms with Gasteiger partial charge in [0.15, 0.2) is 17.4 Å². The summed E-state index contributed by atoms with van der Waals surface area (Å²) in [7, 11) is 1.61. The lowest BCUT2D eigenvalue weighted by Gasteiger charge is -2.32. The maximum absolute atomic E-state index is 12.3. The number of nitrogen functional groups attached to an aromatic ring is 1. The minimum Gasteiger partial charge on any atom is -0.382 e. The van der Waals surface area contributed by atoms with Crippen molar-refractivity contribution in [1.29, 1.82) is 0 Å². The summed E-state index contributed by atoms with van der Waals surface area (Å²) in [5.41, 5.74) is 5.02. The molecule has 1 unspecified atom stereocenters. The Bertz CT molecular complexity index is 960. The number of ether oxygens (including phenoxy) is 5. The molecule has 0 bridgehead atoms. The van der Waals surface area contributed by atoms with E-state index in [1.54, 1.807) is 11.7 Å². The van der Waals surface area contributed by atoms with Gasteiger partial charge in [-0.05, 0) is 41.5 Å². The van der Waals surface area contributed by atoms with Crippen LogP contribution in [0.5, 0.6) is 0 Å². The number of H-pyrrole nitrogens is 1. The summed E-state index contributed by atoms with van der Waals surface area (Å²) >= 11 is 0. The largest absolute Gasteiger partial charge is 0.382 e. The number of nitrogens with two attached hydrogens (primary N) is 1. The Morgan fingerprint density at radius 1 is 1.16 bits per heavy atom. The number of aromatic nitrogens is 4. The molecule has 3 N–H and O–H groups in total. The fourth-order valence-corrected chi connectivity index (χ4v) is 3.52. The highest BCUT2D eigenvalue weighted by Gasteiger charge is 2.49. The van der Waals surface area contributed by atoms with Gasteiger partial charge in [0, 0.05) is 7.11 Å². The van der Waals surface area contributed by atoms with E-state index in [2.05, 4.69) is 15.0 Å². The molecule has 3 heterocycles. The van der Waals surface area contributed by atoms with Gasteiger partial charge in [0.25, 0.3) is 5.56 Å². The Kier molecular flexibility index (Phi) is 7.25. The number of hydrogen-bond donors (Lipinski definition) is 2. The summed E-state index contributed by atoms with van der Waals surface area (Å²) in [6, 6.07) is 0. The molecule has 0 spiro atoms. The third-order valence-corrected chi connectivity index (χ3v) is 4.78. The van der Waals surface area contributed by atoms with Crippen LogP contribution in [0.15, 0.2) is 11.1 Å². The molecular weight excluding hydrogens is 418 g/mol. The molecule has 3 rings (SSSR count). The third-order valence-electron chi connectivity index (χ3n) is 4.78. The van der Waals surface area contributed by atoms with Crippen molar-refractivity contribution in [1.82, 2.24) is 19.5 Å². The van der Waals surface area contributed by atoms with Gasteiger partial charge in [0.05, 0.1) is 37.4 Å². The molecule has 11 nitrogen and oxygen atoms in total. The van der Waals surface area contributed by atoms with Gasteiger partial charge in [-0.3, -0.25) is 14.3 Å². The normalized spacial score (nSPS) is 24.5. The predicted octanol–water partition coefficient (Wildman–Crippen LogP) is 1.63. The van der Waals surface area contributed by atoms with Crippen LogP contribution in [0.4, 0.5) is 5.95 Å². The zero-order valence-corrected chi connectivity index (χ0v) is 19.9. The average molecular weight is 454 g/mol. The lowest BCUT2D eigenvalue weighted by atomic mass is 10.1. The van der Waals surface area contributed by atoms with E-state index in [4.69, 9.17) is 29.4 Å². The van der Waals surface area contributed by atoms with Crippen LogP contribution in [0.25, 0.3) is 11.2 Å². The average Bonchev–Trinajstić information content (AvgIpc) is 3.20. The first-order chi connectivity index (χ1) is 14.9. The SMILES string of the molecule is COCCO[C@H]1C(OC(C)(C)C)[C@@H](COC(C)(C)C)O[C@H]1n1cnc2c(=O)[nH]c(N)nc21. The van der Waals surface area contributed by atoms with Crippen molar-refractivity contribution in [3.8, 4) is 0 Å². The van der Waals surface area contributed by atoms with Crippen LogP contribution in [0, 0.1) is 0 Å². The van der Waals surface area contributed by atoms with E-state index in [1.807, 2.05) is 41.5 Å². The summed E-state index contributed by atoms with van der Waals surface area (Å²) in [6.07, 6.45) is -0.562. The fourth-order valence-electron chi connectivity index (χ4n) is 3.52. The van der Waals surface area contributed by atoms with Crippen LogP contribution in [-0.2, 0) is 23.7 Å². The molecule has 2 aromatic rings. The number of nitrogens with one attached hydrogen (secondary N) is 1. The summed E-state index contributed by atoms with van der Waals surface area (Å²) in [4.78, 5) is 23.2. The van der Waals surface area contributed by atoms with Crippen LogP contribution in [0.1, 0.15) is 47.8 Å². The van der Waals surface area contributed by atoms with Gasteiger partial charge >= 0.3 is 0 Å². The maximum Gasteiger partial charge on any atom is 0.280 e. The lowest BCUT2D eigenvalue weighted by molar-refractivity contribution is -0.145. The number of anilines is 1. The van der Waals surface area contributed by atoms with E-state index >= 15 is 0 Å². The van der Waals surface area contributed by atoms with E-state index in [1.165, 1.54) is 6.33 Å².